The van der Waals surface area contributed by atoms with E-state index in [-0.39, 0.29) is 5.69 Å². The quantitative estimate of drug-likeness (QED) is 0.307. The largest absolute Gasteiger partial charge is 0.468 e. The number of hydrogen-bond acceptors (Lipinski definition) is 8. The van der Waals surface area contributed by atoms with Gasteiger partial charge in [-0.3, -0.25) is 0 Å². The minimum absolute atomic E-state index is 0.133. The first kappa shape index (κ1) is 26.4. The third-order valence-electron chi connectivity index (χ3n) is 3.52. The van der Waals surface area contributed by atoms with Crippen LogP contribution in [0.15, 0.2) is 24.4 Å². The molecule has 0 aliphatic rings. The first-order chi connectivity index (χ1) is 15.0. The summed E-state index contributed by atoms with van der Waals surface area (Å²) in [5.41, 5.74) is -2.13. The van der Waals surface area contributed by atoms with Crippen LogP contribution in [0.1, 0.15) is 5.69 Å². The zero-order valence-corrected chi connectivity index (χ0v) is 17.1. The maximum Gasteiger partial charge on any atom is 0.433 e. The van der Waals surface area contributed by atoms with Crippen molar-refractivity contribution in [1.82, 2.24) is 15.0 Å². The number of alkyl halides is 9. The molecule has 0 saturated heterocycles. The highest BCUT2D eigenvalue weighted by atomic mass is 32.1. The van der Waals surface area contributed by atoms with Crippen LogP contribution in [0.2, 0.25) is 0 Å². The molecular formula is C16H14F9N5O2S. The van der Waals surface area contributed by atoms with Crippen LogP contribution in [-0.4, -0.2) is 53.1 Å². The highest BCUT2D eigenvalue weighted by Crippen LogP contribution is 2.29. The lowest BCUT2D eigenvalue weighted by atomic mass is 10.3. The average Bonchev–Trinajstić information content (AvgIpc) is 2.68. The summed E-state index contributed by atoms with van der Waals surface area (Å²) in [7, 11) is 1.36. The first-order valence-corrected chi connectivity index (χ1v) is 9.04. The van der Waals surface area contributed by atoms with Crippen LogP contribution in [0, 0.1) is 0 Å². The summed E-state index contributed by atoms with van der Waals surface area (Å²) in [4.78, 5) is 11.7. The van der Waals surface area contributed by atoms with Gasteiger partial charge in [0.05, 0.1) is 18.0 Å². The molecule has 17 heteroatoms. The fourth-order valence-corrected chi connectivity index (χ4v) is 2.29. The maximum atomic E-state index is 12.6. The van der Waals surface area contributed by atoms with Crippen LogP contribution in [0.4, 0.5) is 51.1 Å². The van der Waals surface area contributed by atoms with Gasteiger partial charge in [-0.2, -0.15) is 49.5 Å². The Balaban J connectivity index is 2.20. The molecule has 33 heavy (non-hydrogen) atoms. The third-order valence-corrected chi connectivity index (χ3v) is 3.99. The monoisotopic (exact) mass is 511 g/mol. The van der Waals surface area contributed by atoms with Crippen molar-refractivity contribution in [3.05, 3.63) is 30.1 Å². The smallest absolute Gasteiger partial charge is 0.433 e. The van der Waals surface area contributed by atoms with Crippen LogP contribution >= 0.6 is 12.6 Å². The fourth-order valence-electron chi connectivity index (χ4n) is 2.04. The molecule has 2 aromatic rings. The van der Waals surface area contributed by atoms with Crippen molar-refractivity contribution >= 4 is 24.3 Å². The lowest BCUT2D eigenvalue weighted by Crippen LogP contribution is -2.34. The van der Waals surface area contributed by atoms with Gasteiger partial charge < -0.3 is 19.7 Å². The van der Waals surface area contributed by atoms with Crippen LogP contribution in [0.5, 0.6) is 11.8 Å². The van der Waals surface area contributed by atoms with Gasteiger partial charge in [0.1, 0.15) is 11.2 Å². The number of anilines is 2. The molecular weight excluding hydrogens is 497 g/mol. The molecule has 0 saturated carbocycles. The molecule has 2 rings (SSSR count). The Hall–Kier alpha value is -2.85. The number of nitrogens with zero attached hydrogens (tertiary/aromatic N) is 4. The number of aromatic nitrogens is 3. The molecule has 0 spiro atoms. The van der Waals surface area contributed by atoms with Gasteiger partial charge in [0.15, 0.2) is 13.2 Å². The first-order valence-electron chi connectivity index (χ1n) is 8.52. The number of nitrogens with one attached hydrogen (secondary N) is 1. The standard InChI is InChI=1S/C16H14F9N5O2S/c1-30(8-2-3-9(26-5-8)16(23,24)25)13(33)29-12-27-10(31-6-14(17,18)19)4-11(28-12)32-7-15(20,21)22/h2-5,13,33H,6-7H2,1H3,(H,27,28,29). The number of thiol groups is 1. The summed E-state index contributed by atoms with van der Waals surface area (Å²) in [6, 6.07) is 2.40. The molecule has 2 heterocycles. The van der Waals surface area contributed by atoms with Gasteiger partial charge in [-0.25, -0.2) is 4.98 Å². The molecule has 1 atom stereocenters. The molecule has 0 aliphatic heterocycles. The van der Waals surface area contributed by atoms with Crippen molar-refractivity contribution in [2.24, 2.45) is 0 Å². The van der Waals surface area contributed by atoms with Crippen molar-refractivity contribution in [1.29, 1.82) is 0 Å². The van der Waals surface area contributed by atoms with Crippen LogP contribution in [0.3, 0.4) is 0 Å². The Labute approximate surface area is 185 Å². The number of pyridine rings is 1. The van der Waals surface area contributed by atoms with E-state index in [9.17, 15) is 39.5 Å². The van der Waals surface area contributed by atoms with E-state index in [0.717, 1.165) is 12.3 Å². The van der Waals surface area contributed by atoms with E-state index in [4.69, 9.17) is 0 Å². The summed E-state index contributed by atoms with van der Waals surface area (Å²) in [6.07, 6.45) is -13.3. The highest BCUT2D eigenvalue weighted by molar-refractivity contribution is 7.81. The molecule has 1 N–H and O–H groups in total. The minimum atomic E-state index is -4.76. The maximum absolute atomic E-state index is 12.6. The number of halogens is 9. The zero-order chi connectivity index (χ0) is 25.0. The second-order valence-electron chi connectivity index (χ2n) is 6.20. The van der Waals surface area contributed by atoms with Crippen LogP contribution < -0.4 is 19.7 Å². The Morgan fingerprint density at radius 1 is 0.939 bits per heavy atom. The molecule has 2 aromatic heterocycles. The SMILES string of the molecule is CN(c1ccc(C(F)(F)F)nc1)C(S)Nc1nc(OCC(F)(F)F)cc(OCC(F)(F)F)n1. The minimum Gasteiger partial charge on any atom is -0.468 e. The summed E-state index contributed by atoms with van der Waals surface area (Å²) >= 11 is 4.14. The van der Waals surface area contributed by atoms with Gasteiger partial charge >= 0.3 is 18.5 Å². The molecule has 0 bridgehead atoms. The summed E-state index contributed by atoms with van der Waals surface area (Å²) < 4.78 is 121. The fraction of sp³-hybridized carbons (Fsp3) is 0.438. The van der Waals surface area contributed by atoms with Crippen molar-refractivity contribution in [3.63, 3.8) is 0 Å². The van der Waals surface area contributed by atoms with Gasteiger partial charge in [-0.1, -0.05) is 0 Å². The van der Waals surface area contributed by atoms with Gasteiger partial charge in [-0.05, 0) is 12.1 Å². The predicted octanol–water partition coefficient (Wildman–Crippen LogP) is 4.53. The van der Waals surface area contributed by atoms with E-state index < -0.39 is 60.6 Å². The zero-order valence-electron chi connectivity index (χ0n) is 16.3. The number of hydrogen-bond donors (Lipinski definition) is 2. The molecule has 0 aliphatic carbocycles. The summed E-state index contributed by atoms with van der Waals surface area (Å²) in [5.74, 6) is -2.03. The lowest BCUT2D eigenvalue weighted by molar-refractivity contribution is -0.154. The van der Waals surface area contributed by atoms with Gasteiger partial charge in [0.25, 0.3) is 0 Å². The summed E-state index contributed by atoms with van der Waals surface area (Å²) in [5, 5.41) is 2.46. The van der Waals surface area contributed by atoms with Crippen molar-refractivity contribution in [3.8, 4) is 11.8 Å². The molecule has 0 amide bonds. The Kier molecular flexibility index (Phi) is 7.97. The van der Waals surface area contributed by atoms with E-state index in [1.807, 2.05) is 0 Å². The van der Waals surface area contributed by atoms with Crippen LogP contribution in [0.25, 0.3) is 0 Å². The Bertz CT molecular complexity index is 886. The van der Waals surface area contributed by atoms with Crippen molar-refractivity contribution < 1.29 is 49.0 Å². The third kappa shape index (κ3) is 8.89. The average molecular weight is 511 g/mol. The second kappa shape index (κ2) is 9.96. The van der Waals surface area contributed by atoms with E-state index in [0.29, 0.717) is 12.1 Å². The predicted molar refractivity (Wildman–Crippen MR) is 99.2 cm³/mol. The van der Waals surface area contributed by atoms with Crippen molar-refractivity contribution in [2.75, 3.05) is 30.5 Å². The molecule has 7 nitrogen and oxygen atoms in total. The van der Waals surface area contributed by atoms with E-state index in [1.54, 1.807) is 0 Å². The number of rotatable bonds is 8. The summed E-state index contributed by atoms with van der Waals surface area (Å²) in [6.45, 7) is -3.58. The topological polar surface area (TPSA) is 72.4 Å². The Morgan fingerprint density at radius 3 is 1.85 bits per heavy atom. The van der Waals surface area contributed by atoms with Crippen LogP contribution in [-0.2, 0) is 6.18 Å². The van der Waals surface area contributed by atoms with E-state index >= 15 is 0 Å². The van der Waals surface area contributed by atoms with E-state index in [1.165, 1.54) is 11.9 Å². The highest BCUT2D eigenvalue weighted by Gasteiger charge is 2.33. The molecule has 0 aromatic carbocycles. The number of ether oxygens (including phenoxy) is 2. The molecule has 1 unspecified atom stereocenters. The molecule has 0 radical (unpaired) electrons. The van der Waals surface area contributed by atoms with E-state index in [2.05, 4.69) is 42.4 Å². The van der Waals surface area contributed by atoms with Gasteiger partial charge in [0.2, 0.25) is 17.7 Å². The van der Waals surface area contributed by atoms with Gasteiger partial charge in [0, 0.05) is 7.05 Å². The van der Waals surface area contributed by atoms with Crippen molar-refractivity contribution in [2.45, 2.75) is 24.0 Å². The van der Waals surface area contributed by atoms with Gasteiger partial charge in [-0.15, -0.1) is 12.6 Å². The molecule has 184 valence electrons. The normalized spacial score (nSPS) is 13.4. The molecule has 0 fully saturated rings. The Morgan fingerprint density at radius 2 is 1.45 bits per heavy atom. The second-order valence-corrected chi connectivity index (χ2v) is 6.69. The lowest BCUT2D eigenvalue weighted by Gasteiger charge is -2.27.